The minimum absolute atomic E-state index is 0.911. The van der Waals surface area contributed by atoms with Gasteiger partial charge in [0.1, 0.15) is 0 Å². The van der Waals surface area contributed by atoms with Crippen LogP contribution in [0.2, 0.25) is 0 Å². The van der Waals surface area contributed by atoms with E-state index in [9.17, 15) is 0 Å². The fourth-order valence-electron chi connectivity index (χ4n) is 2.65. The van der Waals surface area contributed by atoms with E-state index in [-0.39, 0.29) is 0 Å². The smallest absolute Gasteiger partial charge is 0.0544 e. The highest BCUT2D eigenvalue weighted by Crippen LogP contribution is 2.24. The topological polar surface area (TPSA) is 42.1 Å². The Hall–Kier alpha value is -1.87. The Morgan fingerprint density at radius 2 is 2.16 bits per heavy atom. The molecule has 0 radical (unpaired) electrons. The average molecular weight is 253 g/mol. The third kappa shape index (κ3) is 2.61. The highest BCUT2D eigenvalue weighted by molar-refractivity contribution is 5.51. The van der Waals surface area contributed by atoms with Crippen molar-refractivity contribution in [3.63, 3.8) is 0 Å². The van der Waals surface area contributed by atoms with E-state index in [1.165, 1.54) is 16.7 Å². The second-order valence-electron chi connectivity index (χ2n) is 5.27. The van der Waals surface area contributed by atoms with Gasteiger partial charge in [0.05, 0.1) is 5.69 Å². The summed E-state index contributed by atoms with van der Waals surface area (Å²) in [6.07, 6.45) is 2.97. The van der Waals surface area contributed by atoms with Gasteiger partial charge in [-0.2, -0.15) is 0 Å². The van der Waals surface area contributed by atoms with Gasteiger partial charge < -0.3 is 5.73 Å². The second kappa shape index (κ2) is 5.02. The van der Waals surface area contributed by atoms with Gasteiger partial charge in [-0.25, -0.2) is 0 Å². The first-order chi connectivity index (χ1) is 9.22. The number of nitrogen functional groups attached to an aromatic ring is 1. The van der Waals surface area contributed by atoms with E-state index < -0.39 is 0 Å². The maximum absolute atomic E-state index is 6.03. The fourth-order valence-corrected chi connectivity index (χ4v) is 2.65. The number of fused-ring (bicyclic) bond motifs is 1. The number of hydrogen-bond acceptors (Lipinski definition) is 3. The summed E-state index contributed by atoms with van der Waals surface area (Å²) in [5, 5.41) is 0. The first-order valence-electron chi connectivity index (χ1n) is 6.72. The molecule has 0 bridgehead atoms. The van der Waals surface area contributed by atoms with Crippen LogP contribution in [-0.2, 0) is 19.5 Å². The van der Waals surface area contributed by atoms with Gasteiger partial charge in [-0.3, -0.25) is 9.88 Å². The van der Waals surface area contributed by atoms with Crippen molar-refractivity contribution >= 4 is 5.69 Å². The molecule has 2 aromatic rings. The Bertz CT molecular complexity index is 575. The second-order valence-corrected chi connectivity index (χ2v) is 5.27. The molecule has 0 amide bonds. The predicted molar refractivity (Wildman–Crippen MR) is 77.6 cm³/mol. The van der Waals surface area contributed by atoms with Crippen LogP contribution in [0, 0.1) is 6.92 Å². The largest absolute Gasteiger partial charge is 0.398 e. The van der Waals surface area contributed by atoms with Gasteiger partial charge in [-0.15, -0.1) is 0 Å². The molecule has 3 rings (SSSR count). The van der Waals surface area contributed by atoms with Gasteiger partial charge in [-0.05, 0) is 42.2 Å². The van der Waals surface area contributed by atoms with Gasteiger partial charge in [0, 0.05) is 31.5 Å². The highest BCUT2D eigenvalue weighted by atomic mass is 15.1. The van der Waals surface area contributed by atoms with E-state index in [4.69, 9.17) is 5.73 Å². The molecule has 0 fully saturated rings. The van der Waals surface area contributed by atoms with Gasteiger partial charge in [0.2, 0.25) is 0 Å². The summed E-state index contributed by atoms with van der Waals surface area (Å²) in [5.74, 6) is 0. The van der Waals surface area contributed by atoms with Crippen LogP contribution in [0.25, 0.3) is 0 Å². The Morgan fingerprint density at radius 3 is 2.95 bits per heavy atom. The quantitative estimate of drug-likeness (QED) is 0.836. The van der Waals surface area contributed by atoms with E-state index in [0.29, 0.717) is 0 Å². The number of pyridine rings is 1. The summed E-state index contributed by atoms with van der Waals surface area (Å²) >= 11 is 0. The molecule has 2 heterocycles. The third-order valence-corrected chi connectivity index (χ3v) is 3.74. The number of hydrogen-bond donors (Lipinski definition) is 1. The predicted octanol–water partition coefficient (Wildman–Crippen LogP) is 2.53. The van der Waals surface area contributed by atoms with Gasteiger partial charge in [-0.1, -0.05) is 18.2 Å². The number of rotatable bonds is 2. The molecule has 0 atom stereocenters. The monoisotopic (exact) mass is 253 g/mol. The number of aryl methyl sites for hydroxylation is 1. The van der Waals surface area contributed by atoms with Crippen molar-refractivity contribution in [1.82, 2.24) is 9.88 Å². The summed E-state index contributed by atoms with van der Waals surface area (Å²) in [5.41, 5.74) is 12.0. The van der Waals surface area contributed by atoms with E-state index in [2.05, 4.69) is 35.0 Å². The number of nitrogens with two attached hydrogens (primary N) is 1. The highest BCUT2D eigenvalue weighted by Gasteiger charge is 2.17. The molecule has 1 aliphatic heterocycles. The van der Waals surface area contributed by atoms with E-state index >= 15 is 0 Å². The van der Waals surface area contributed by atoms with Gasteiger partial charge in [0.25, 0.3) is 0 Å². The summed E-state index contributed by atoms with van der Waals surface area (Å²) in [7, 11) is 0. The zero-order chi connectivity index (χ0) is 13.2. The number of aromatic nitrogens is 1. The van der Waals surface area contributed by atoms with Crippen LogP contribution in [0.3, 0.4) is 0 Å². The van der Waals surface area contributed by atoms with E-state index in [1.807, 2.05) is 18.3 Å². The maximum Gasteiger partial charge on any atom is 0.0544 e. The molecule has 1 aromatic carbocycles. The minimum Gasteiger partial charge on any atom is -0.398 e. The molecule has 1 aliphatic rings. The Morgan fingerprint density at radius 1 is 1.26 bits per heavy atom. The van der Waals surface area contributed by atoms with Crippen molar-refractivity contribution in [2.75, 3.05) is 12.3 Å². The Kier molecular flexibility index (Phi) is 3.22. The Balaban J connectivity index is 1.74. The third-order valence-electron chi connectivity index (χ3n) is 3.74. The van der Waals surface area contributed by atoms with Crippen LogP contribution in [0.4, 0.5) is 5.69 Å². The molecule has 0 unspecified atom stereocenters. The molecular formula is C16H19N3. The summed E-state index contributed by atoms with van der Waals surface area (Å²) in [6, 6.07) is 10.5. The first kappa shape index (κ1) is 12.2. The van der Waals surface area contributed by atoms with Gasteiger partial charge in [0.15, 0.2) is 0 Å². The maximum atomic E-state index is 6.03. The van der Waals surface area contributed by atoms with Crippen LogP contribution < -0.4 is 5.73 Å². The first-order valence-corrected chi connectivity index (χ1v) is 6.72. The van der Waals surface area contributed by atoms with Crippen molar-refractivity contribution in [1.29, 1.82) is 0 Å². The molecule has 3 nitrogen and oxygen atoms in total. The van der Waals surface area contributed by atoms with Crippen LogP contribution in [0.15, 0.2) is 36.5 Å². The summed E-state index contributed by atoms with van der Waals surface area (Å²) in [4.78, 5) is 6.91. The van der Waals surface area contributed by atoms with Crippen LogP contribution >= 0.6 is 0 Å². The van der Waals surface area contributed by atoms with Crippen LogP contribution in [0.1, 0.15) is 22.4 Å². The van der Waals surface area contributed by atoms with Crippen LogP contribution in [0.5, 0.6) is 0 Å². The molecular weight excluding hydrogens is 234 g/mol. The fraction of sp³-hybridized carbons (Fsp3) is 0.312. The van der Waals surface area contributed by atoms with Crippen LogP contribution in [-0.4, -0.2) is 16.4 Å². The number of anilines is 1. The molecule has 0 saturated carbocycles. The zero-order valence-electron chi connectivity index (χ0n) is 11.3. The molecule has 2 N–H and O–H groups in total. The van der Waals surface area contributed by atoms with Crippen molar-refractivity contribution < 1.29 is 0 Å². The molecule has 0 spiro atoms. The lowest BCUT2D eigenvalue weighted by Crippen LogP contribution is -2.30. The molecule has 0 saturated heterocycles. The van der Waals surface area contributed by atoms with Crippen molar-refractivity contribution in [3.8, 4) is 0 Å². The molecule has 19 heavy (non-hydrogen) atoms. The number of nitrogens with zero attached hydrogens (tertiary/aromatic N) is 2. The summed E-state index contributed by atoms with van der Waals surface area (Å²) in [6.45, 7) is 5.00. The van der Waals surface area contributed by atoms with E-state index in [0.717, 1.165) is 37.4 Å². The number of benzene rings is 1. The van der Waals surface area contributed by atoms with Crippen molar-refractivity contribution in [3.05, 3.63) is 58.9 Å². The zero-order valence-corrected chi connectivity index (χ0v) is 11.3. The summed E-state index contributed by atoms with van der Waals surface area (Å²) < 4.78 is 0. The average Bonchev–Trinajstić information content (AvgIpc) is 2.42. The molecule has 1 aromatic heterocycles. The normalized spacial score (nSPS) is 15.2. The minimum atomic E-state index is 0.911. The van der Waals surface area contributed by atoms with Crippen molar-refractivity contribution in [2.24, 2.45) is 0 Å². The Labute approximate surface area is 114 Å². The van der Waals surface area contributed by atoms with Crippen molar-refractivity contribution in [2.45, 2.75) is 26.4 Å². The SMILES string of the molecule is Cc1ccc(CN2CCc3c(N)cccc3C2)nc1. The molecule has 98 valence electrons. The lowest BCUT2D eigenvalue weighted by molar-refractivity contribution is 0.243. The molecule has 3 heteroatoms. The van der Waals surface area contributed by atoms with Gasteiger partial charge >= 0.3 is 0 Å². The standard InChI is InChI=1S/C16H19N3/c1-12-5-6-14(18-9-12)11-19-8-7-15-13(10-19)3-2-4-16(15)17/h2-6,9H,7-8,10-11,17H2,1H3. The lowest BCUT2D eigenvalue weighted by atomic mass is 9.98. The lowest BCUT2D eigenvalue weighted by Gasteiger charge is -2.29. The molecule has 0 aliphatic carbocycles. The van der Waals surface area contributed by atoms with E-state index in [1.54, 1.807) is 0 Å².